The molecule has 0 amide bonds. The van der Waals surface area contributed by atoms with Crippen molar-refractivity contribution < 1.29 is 24.0 Å². The van der Waals surface area contributed by atoms with E-state index in [0.717, 1.165) is 14.2 Å². The first-order valence-electron chi connectivity index (χ1n) is 7.86. The lowest BCUT2D eigenvalue weighted by Crippen LogP contribution is -2.60. The number of nitro benzene ring substituents is 1. The van der Waals surface area contributed by atoms with Gasteiger partial charge in [-0.2, -0.15) is 0 Å². The van der Waals surface area contributed by atoms with Crippen molar-refractivity contribution in [3.8, 4) is 0 Å². The van der Waals surface area contributed by atoms with Gasteiger partial charge in [-0.25, -0.2) is 4.79 Å². The summed E-state index contributed by atoms with van der Waals surface area (Å²) in [7, 11) is 2.27. The summed E-state index contributed by atoms with van der Waals surface area (Å²) in [4.78, 5) is 36.6. The summed E-state index contributed by atoms with van der Waals surface area (Å²) in [6.45, 7) is 2.91. The van der Waals surface area contributed by atoms with Crippen molar-refractivity contribution in [3.63, 3.8) is 0 Å². The van der Waals surface area contributed by atoms with E-state index in [2.05, 4.69) is 4.99 Å². The van der Waals surface area contributed by atoms with Gasteiger partial charge >= 0.3 is 11.9 Å². The van der Waals surface area contributed by atoms with E-state index in [0.29, 0.717) is 0 Å². The third-order valence-corrected chi connectivity index (χ3v) is 5.91. The van der Waals surface area contributed by atoms with Gasteiger partial charge in [0.25, 0.3) is 5.69 Å². The molecule has 0 aromatic heterocycles. The molecule has 1 aliphatic heterocycles. The van der Waals surface area contributed by atoms with Gasteiger partial charge in [-0.15, -0.1) is 11.6 Å². The largest absolute Gasteiger partial charge is 0.468 e. The zero-order chi connectivity index (χ0) is 20.6. The van der Waals surface area contributed by atoms with E-state index >= 15 is 0 Å². The Morgan fingerprint density at radius 2 is 1.81 bits per heavy atom. The fourth-order valence-electron chi connectivity index (χ4n) is 3.44. The minimum Gasteiger partial charge on any atom is -0.468 e. The molecule has 4 unspecified atom stereocenters. The maximum atomic E-state index is 12.7. The average molecular weight is 417 g/mol. The molecule has 0 saturated carbocycles. The van der Waals surface area contributed by atoms with Gasteiger partial charge in [0, 0.05) is 23.3 Å². The zero-order valence-corrected chi connectivity index (χ0v) is 16.6. The molecule has 0 saturated heterocycles. The summed E-state index contributed by atoms with van der Waals surface area (Å²) < 4.78 is 9.67. The van der Waals surface area contributed by atoms with E-state index in [4.69, 9.17) is 32.7 Å². The predicted molar refractivity (Wildman–Crippen MR) is 99.3 cm³/mol. The van der Waals surface area contributed by atoms with Crippen LogP contribution in [0, 0.1) is 16.0 Å². The van der Waals surface area contributed by atoms with Crippen molar-refractivity contribution in [2.75, 3.05) is 14.2 Å². The third-order valence-electron chi connectivity index (χ3n) is 4.67. The molecule has 0 spiro atoms. The van der Waals surface area contributed by atoms with Gasteiger partial charge in [-0.3, -0.25) is 19.9 Å². The molecule has 0 fully saturated rings. The lowest BCUT2D eigenvalue weighted by Gasteiger charge is -2.46. The summed E-state index contributed by atoms with van der Waals surface area (Å²) in [6.07, 6.45) is 0. The third kappa shape index (κ3) is 3.27. The minimum absolute atomic E-state index is 0.0550. The Hall–Kier alpha value is -2.19. The van der Waals surface area contributed by atoms with Crippen LogP contribution in [0.2, 0.25) is 0 Å². The van der Waals surface area contributed by atoms with Crippen molar-refractivity contribution in [2.24, 2.45) is 10.9 Å². The number of ether oxygens (including phenoxy) is 2. The van der Waals surface area contributed by atoms with E-state index < -0.39 is 38.6 Å². The molecular weight excluding hydrogens is 399 g/mol. The van der Waals surface area contributed by atoms with Crippen molar-refractivity contribution in [1.82, 2.24) is 0 Å². The molecule has 1 aromatic rings. The Bertz CT molecular complexity index is 825. The van der Waals surface area contributed by atoms with Gasteiger partial charge in [0.1, 0.15) is 5.92 Å². The number of para-hydroxylation sites is 1. The van der Waals surface area contributed by atoms with Crippen molar-refractivity contribution in [2.45, 2.75) is 29.6 Å². The SMILES string of the molecule is COC(=O)C1C(C)=NC(C)(Cl)C(Cl)(C(=O)OC)C1c1ccccc1[N+](=O)[O-]. The molecule has 8 nitrogen and oxygen atoms in total. The molecule has 0 radical (unpaired) electrons. The van der Waals surface area contributed by atoms with Gasteiger partial charge in [-0.05, 0) is 13.8 Å². The zero-order valence-electron chi connectivity index (χ0n) is 15.1. The number of hydrogen-bond acceptors (Lipinski definition) is 7. The number of rotatable bonds is 4. The van der Waals surface area contributed by atoms with Gasteiger partial charge < -0.3 is 9.47 Å². The standard InChI is InChI=1S/C17H18Cl2N2O6/c1-9-12(14(22)26-3)13(10-7-5-6-8-11(10)21(24)25)17(19,15(23)27-4)16(2,18)20-9/h5-8,12-13H,1-4H3. The number of carbonyl (C=O) groups is 2. The molecule has 0 aliphatic carbocycles. The number of alkyl halides is 2. The van der Waals surface area contributed by atoms with Gasteiger partial charge in [0.05, 0.1) is 19.1 Å². The topological polar surface area (TPSA) is 108 Å². The number of carbonyl (C=O) groups excluding carboxylic acids is 2. The summed E-state index contributed by atoms with van der Waals surface area (Å²) >= 11 is 13.2. The second kappa shape index (κ2) is 7.44. The van der Waals surface area contributed by atoms with E-state index in [9.17, 15) is 19.7 Å². The van der Waals surface area contributed by atoms with Crippen LogP contribution in [-0.2, 0) is 19.1 Å². The second-order valence-electron chi connectivity index (χ2n) is 6.20. The molecule has 1 aromatic carbocycles. The molecule has 27 heavy (non-hydrogen) atoms. The summed E-state index contributed by atoms with van der Waals surface area (Å²) in [5.41, 5.74) is -0.0189. The fraction of sp³-hybridized carbons (Fsp3) is 0.471. The Morgan fingerprint density at radius 3 is 2.33 bits per heavy atom. The van der Waals surface area contributed by atoms with Crippen LogP contribution in [0.3, 0.4) is 0 Å². The maximum Gasteiger partial charge on any atom is 0.331 e. The molecule has 146 valence electrons. The van der Waals surface area contributed by atoms with Crippen molar-refractivity contribution in [1.29, 1.82) is 0 Å². The van der Waals surface area contributed by atoms with Crippen molar-refractivity contribution >= 4 is 46.5 Å². The molecule has 1 aliphatic rings. The number of esters is 2. The molecule has 0 bridgehead atoms. The smallest absolute Gasteiger partial charge is 0.331 e. The summed E-state index contributed by atoms with van der Waals surface area (Å²) in [6, 6.07) is 5.68. The molecule has 0 N–H and O–H groups in total. The number of methoxy groups -OCH3 is 2. The van der Waals surface area contributed by atoms with E-state index in [1.165, 1.54) is 38.1 Å². The number of nitro groups is 1. The highest BCUT2D eigenvalue weighted by Gasteiger charge is 2.66. The first kappa shape index (κ1) is 21.1. The molecule has 1 heterocycles. The number of benzene rings is 1. The first-order chi connectivity index (χ1) is 12.5. The van der Waals surface area contributed by atoms with Crippen LogP contribution in [0.5, 0.6) is 0 Å². The number of halogens is 2. The van der Waals surface area contributed by atoms with Crippen LogP contribution >= 0.6 is 23.2 Å². The normalized spacial score (nSPS) is 30.2. The predicted octanol–water partition coefficient (Wildman–Crippen LogP) is 3.05. The lowest BCUT2D eigenvalue weighted by molar-refractivity contribution is -0.385. The minimum atomic E-state index is -2.10. The Kier molecular flexibility index (Phi) is 5.82. The Balaban J connectivity index is 2.91. The van der Waals surface area contributed by atoms with Crippen LogP contribution in [0.4, 0.5) is 5.69 Å². The molecule has 4 atom stereocenters. The molecule has 10 heteroatoms. The maximum absolute atomic E-state index is 12.7. The van der Waals surface area contributed by atoms with Crippen LogP contribution in [-0.4, -0.2) is 46.7 Å². The average Bonchev–Trinajstić information content (AvgIpc) is 2.62. The van der Waals surface area contributed by atoms with E-state index in [1.54, 1.807) is 0 Å². The summed E-state index contributed by atoms with van der Waals surface area (Å²) in [5, 5.41) is 11.6. The van der Waals surface area contributed by atoms with Crippen LogP contribution in [0.15, 0.2) is 29.3 Å². The number of hydrogen-bond donors (Lipinski definition) is 0. The highest BCUT2D eigenvalue weighted by atomic mass is 35.5. The van der Waals surface area contributed by atoms with E-state index in [-0.39, 0.29) is 17.0 Å². The second-order valence-corrected chi connectivity index (χ2v) is 7.54. The van der Waals surface area contributed by atoms with Crippen LogP contribution < -0.4 is 0 Å². The quantitative estimate of drug-likeness (QED) is 0.245. The lowest BCUT2D eigenvalue weighted by atomic mass is 9.68. The Morgan fingerprint density at radius 1 is 1.22 bits per heavy atom. The highest BCUT2D eigenvalue weighted by Crippen LogP contribution is 2.55. The highest BCUT2D eigenvalue weighted by molar-refractivity contribution is 6.43. The van der Waals surface area contributed by atoms with E-state index in [1.807, 2.05) is 0 Å². The molecule has 2 rings (SSSR count). The Labute approximate surface area is 165 Å². The molecular formula is C17H18Cl2N2O6. The van der Waals surface area contributed by atoms with Gasteiger partial charge in [0.2, 0.25) is 0 Å². The fourth-order valence-corrected chi connectivity index (χ4v) is 4.13. The van der Waals surface area contributed by atoms with Gasteiger partial charge in [-0.1, -0.05) is 29.8 Å². The van der Waals surface area contributed by atoms with Crippen LogP contribution in [0.25, 0.3) is 0 Å². The number of aliphatic imine (C=N–C) groups is 1. The summed E-state index contributed by atoms with van der Waals surface area (Å²) in [5.74, 6) is -4.13. The number of nitrogens with zero attached hydrogens (tertiary/aromatic N) is 2. The monoisotopic (exact) mass is 416 g/mol. The van der Waals surface area contributed by atoms with Crippen molar-refractivity contribution in [3.05, 3.63) is 39.9 Å². The van der Waals surface area contributed by atoms with Gasteiger partial charge in [0.15, 0.2) is 9.87 Å². The first-order valence-corrected chi connectivity index (χ1v) is 8.62. The van der Waals surface area contributed by atoms with Crippen LogP contribution in [0.1, 0.15) is 25.3 Å².